The molecule has 5 rings (SSSR count). The van der Waals surface area contributed by atoms with Gasteiger partial charge >= 0.3 is 0 Å². The average Bonchev–Trinajstić information content (AvgIpc) is 3.30. The number of nitrogens with zero attached hydrogens (tertiary/aromatic N) is 2. The summed E-state index contributed by atoms with van der Waals surface area (Å²) in [6.45, 7) is 2.94. The summed E-state index contributed by atoms with van der Waals surface area (Å²) in [5.41, 5.74) is 1.82. The van der Waals surface area contributed by atoms with E-state index in [1.54, 1.807) is 31.4 Å². The highest BCUT2D eigenvalue weighted by Gasteiger charge is 2.50. The summed E-state index contributed by atoms with van der Waals surface area (Å²) in [6.07, 6.45) is 1.81. The minimum Gasteiger partial charge on any atom is -0.497 e. The number of ether oxygens (including phenoxy) is 1. The standard InChI is InChI=1S/C20H21N3O3S/c1-26-14-6-8-15(9-7-14)27(24,25)23-13-17(16-4-2-3-5-18(16)23)20-19-12-21-10-11-22(19)20/h2-9,13,19-21H,10-12H2,1H3. The second kappa shape index (κ2) is 6.09. The lowest BCUT2D eigenvalue weighted by atomic mass is 10.1. The summed E-state index contributed by atoms with van der Waals surface area (Å²) >= 11 is 0. The molecule has 6 nitrogen and oxygen atoms in total. The maximum absolute atomic E-state index is 13.3. The summed E-state index contributed by atoms with van der Waals surface area (Å²) < 4.78 is 33.2. The van der Waals surface area contributed by atoms with Crippen LogP contribution in [0.1, 0.15) is 11.6 Å². The van der Waals surface area contributed by atoms with Crippen LogP contribution in [0, 0.1) is 0 Å². The van der Waals surface area contributed by atoms with Crippen LogP contribution in [-0.2, 0) is 10.0 Å². The number of para-hydroxylation sites is 1. The van der Waals surface area contributed by atoms with Gasteiger partial charge in [-0.2, -0.15) is 0 Å². The van der Waals surface area contributed by atoms with E-state index in [0.29, 0.717) is 11.8 Å². The number of nitrogens with one attached hydrogen (secondary N) is 1. The van der Waals surface area contributed by atoms with Crippen LogP contribution >= 0.6 is 0 Å². The van der Waals surface area contributed by atoms with Gasteiger partial charge in [-0.1, -0.05) is 18.2 Å². The largest absolute Gasteiger partial charge is 0.497 e. The zero-order valence-corrected chi connectivity index (χ0v) is 15.8. The molecule has 2 fully saturated rings. The molecule has 0 radical (unpaired) electrons. The molecule has 0 bridgehead atoms. The maximum Gasteiger partial charge on any atom is 0.268 e. The average molecular weight is 383 g/mol. The molecule has 3 atom stereocenters. The first-order valence-electron chi connectivity index (χ1n) is 9.07. The Balaban J connectivity index is 1.63. The fourth-order valence-electron chi connectivity index (χ4n) is 4.18. The van der Waals surface area contributed by atoms with Gasteiger partial charge in [0, 0.05) is 37.3 Å². The Hall–Kier alpha value is -2.35. The number of aromatic nitrogens is 1. The Labute approximate surface area is 158 Å². The van der Waals surface area contributed by atoms with Gasteiger partial charge in [-0.05, 0) is 35.9 Å². The number of rotatable bonds is 4. The molecule has 140 valence electrons. The molecule has 27 heavy (non-hydrogen) atoms. The van der Waals surface area contributed by atoms with Crippen LogP contribution in [-0.4, -0.2) is 50.1 Å². The van der Waals surface area contributed by atoms with E-state index < -0.39 is 10.0 Å². The van der Waals surface area contributed by atoms with Crippen molar-refractivity contribution in [3.8, 4) is 5.75 Å². The molecule has 3 heterocycles. The molecule has 0 amide bonds. The molecule has 2 aliphatic rings. The van der Waals surface area contributed by atoms with Crippen molar-refractivity contribution in [2.75, 3.05) is 26.7 Å². The van der Waals surface area contributed by atoms with Crippen LogP contribution in [0.3, 0.4) is 0 Å². The van der Waals surface area contributed by atoms with Gasteiger partial charge in [0.05, 0.1) is 23.6 Å². The Morgan fingerprint density at radius 3 is 2.59 bits per heavy atom. The van der Waals surface area contributed by atoms with Crippen molar-refractivity contribution in [3.63, 3.8) is 0 Å². The van der Waals surface area contributed by atoms with E-state index in [-0.39, 0.29) is 10.9 Å². The molecule has 1 aromatic heterocycles. The molecule has 3 aromatic rings. The van der Waals surface area contributed by atoms with Crippen molar-refractivity contribution in [1.82, 2.24) is 14.2 Å². The molecule has 2 aromatic carbocycles. The van der Waals surface area contributed by atoms with Crippen molar-refractivity contribution in [2.45, 2.75) is 17.0 Å². The zero-order valence-electron chi connectivity index (χ0n) is 15.0. The third-order valence-electron chi connectivity index (χ3n) is 5.60. The molecular formula is C20H21N3O3S. The molecule has 2 aliphatic heterocycles. The Kier molecular flexibility index (Phi) is 3.79. The fraction of sp³-hybridized carbons (Fsp3) is 0.300. The number of piperazine rings is 1. The lowest BCUT2D eigenvalue weighted by molar-refractivity contribution is 0.414. The number of hydrogen-bond acceptors (Lipinski definition) is 5. The van der Waals surface area contributed by atoms with Gasteiger partial charge in [-0.15, -0.1) is 0 Å². The second-order valence-electron chi connectivity index (χ2n) is 7.03. The van der Waals surface area contributed by atoms with Crippen LogP contribution in [0.2, 0.25) is 0 Å². The smallest absolute Gasteiger partial charge is 0.268 e. The molecule has 7 heteroatoms. The quantitative estimate of drug-likeness (QED) is 0.700. The summed E-state index contributed by atoms with van der Waals surface area (Å²) in [5, 5.41) is 4.43. The molecule has 0 spiro atoms. The predicted octanol–water partition coefficient (Wildman–Crippen LogP) is 2.22. The van der Waals surface area contributed by atoms with Gasteiger partial charge in [-0.3, -0.25) is 4.90 Å². The van der Waals surface area contributed by atoms with E-state index >= 15 is 0 Å². The van der Waals surface area contributed by atoms with Gasteiger partial charge in [-0.25, -0.2) is 12.4 Å². The Morgan fingerprint density at radius 2 is 1.89 bits per heavy atom. The molecule has 0 saturated carbocycles. The van der Waals surface area contributed by atoms with Crippen molar-refractivity contribution in [1.29, 1.82) is 0 Å². The zero-order chi connectivity index (χ0) is 18.6. The molecule has 2 saturated heterocycles. The van der Waals surface area contributed by atoms with Gasteiger partial charge in [0.1, 0.15) is 5.75 Å². The van der Waals surface area contributed by atoms with E-state index in [4.69, 9.17) is 4.74 Å². The van der Waals surface area contributed by atoms with E-state index in [0.717, 1.165) is 36.1 Å². The van der Waals surface area contributed by atoms with Crippen molar-refractivity contribution < 1.29 is 13.2 Å². The molecule has 3 unspecified atom stereocenters. The number of hydrogen-bond donors (Lipinski definition) is 1. The number of fused-ring (bicyclic) bond motifs is 2. The Morgan fingerprint density at radius 1 is 1.11 bits per heavy atom. The first-order valence-corrected chi connectivity index (χ1v) is 10.5. The monoisotopic (exact) mass is 383 g/mol. The van der Waals surface area contributed by atoms with Gasteiger partial charge < -0.3 is 10.1 Å². The highest BCUT2D eigenvalue weighted by molar-refractivity contribution is 7.90. The predicted molar refractivity (Wildman–Crippen MR) is 104 cm³/mol. The van der Waals surface area contributed by atoms with Gasteiger partial charge in [0.15, 0.2) is 0 Å². The van der Waals surface area contributed by atoms with Gasteiger partial charge in [0.25, 0.3) is 10.0 Å². The molecular weight excluding hydrogens is 362 g/mol. The van der Waals surface area contributed by atoms with Gasteiger partial charge in [0.2, 0.25) is 0 Å². The number of methoxy groups -OCH3 is 1. The van der Waals surface area contributed by atoms with Crippen LogP contribution in [0.5, 0.6) is 5.75 Å². The van der Waals surface area contributed by atoms with E-state index in [2.05, 4.69) is 10.2 Å². The topological polar surface area (TPSA) is 63.3 Å². The van der Waals surface area contributed by atoms with Crippen LogP contribution in [0.25, 0.3) is 10.9 Å². The fourth-order valence-corrected chi connectivity index (χ4v) is 5.56. The van der Waals surface area contributed by atoms with Crippen LogP contribution in [0.4, 0.5) is 0 Å². The summed E-state index contributed by atoms with van der Waals surface area (Å²) in [4.78, 5) is 2.69. The highest BCUT2D eigenvalue weighted by atomic mass is 32.2. The van der Waals surface area contributed by atoms with Crippen LogP contribution < -0.4 is 10.1 Å². The third-order valence-corrected chi connectivity index (χ3v) is 7.29. The lowest BCUT2D eigenvalue weighted by Crippen LogP contribution is -2.33. The highest BCUT2D eigenvalue weighted by Crippen LogP contribution is 2.46. The Bertz CT molecular complexity index is 1090. The second-order valence-corrected chi connectivity index (χ2v) is 8.85. The first-order chi connectivity index (χ1) is 13.1. The van der Waals surface area contributed by atoms with E-state index in [1.165, 1.54) is 3.97 Å². The van der Waals surface area contributed by atoms with Crippen molar-refractivity contribution >= 4 is 20.9 Å². The number of benzene rings is 2. The summed E-state index contributed by atoms with van der Waals surface area (Å²) in [6, 6.07) is 15.0. The molecule has 1 N–H and O–H groups in total. The van der Waals surface area contributed by atoms with E-state index in [9.17, 15) is 8.42 Å². The molecule has 0 aliphatic carbocycles. The van der Waals surface area contributed by atoms with Crippen molar-refractivity contribution in [2.24, 2.45) is 0 Å². The SMILES string of the molecule is COc1ccc(S(=O)(=O)n2cc(C3C4CNCCN43)c3ccccc32)cc1. The maximum atomic E-state index is 13.3. The lowest BCUT2D eigenvalue weighted by Gasteiger charge is -2.10. The van der Waals surface area contributed by atoms with E-state index in [1.807, 2.05) is 30.5 Å². The first kappa shape index (κ1) is 16.8. The third kappa shape index (κ3) is 2.57. The minimum atomic E-state index is -3.68. The summed E-state index contributed by atoms with van der Waals surface area (Å²) in [5.74, 6) is 0.634. The van der Waals surface area contributed by atoms with Crippen molar-refractivity contribution in [3.05, 3.63) is 60.3 Å². The van der Waals surface area contributed by atoms with Crippen LogP contribution in [0.15, 0.2) is 59.6 Å². The summed E-state index contributed by atoms with van der Waals surface area (Å²) in [7, 11) is -2.12. The minimum absolute atomic E-state index is 0.255. The normalized spacial score (nSPS) is 24.6.